The minimum Gasteiger partial charge on any atom is -0.478 e. The monoisotopic (exact) mass is 202 g/mol. The van der Waals surface area contributed by atoms with Crippen LogP contribution >= 0.6 is 0 Å². The molecule has 0 unspecified atom stereocenters. The van der Waals surface area contributed by atoms with Gasteiger partial charge in [0, 0.05) is 11.9 Å². The Balaban J connectivity index is 2.15. The summed E-state index contributed by atoms with van der Waals surface area (Å²) < 4.78 is 0. The maximum atomic E-state index is 10.6. The Hall–Kier alpha value is -2.23. The molecule has 1 aromatic carbocycles. The zero-order valence-corrected chi connectivity index (χ0v) is 7.90. The van der Waals surface area contributed by atoms with Crippen molar-refractivity contribution in [2.24, 2.45) is 0 Å². The molecule has 0 spiro atoms. The van der Waals surface area contributed by atoms with E-state index in [0.29, 0.717) is 5.82 Å². The van der Waals surface area contributed by atoms with Gasteiger partial charge in [-0.05, 0) is 18.2 Å². The van der Waals surface area contributed by atoms with Gasteiger partial charge in [0.25, 0.3) is 0 Å². The first kappa shape index (κ1) is 9.33. The largest absolute Gasteiger partial charge is 0.478 e. The lowest BCUT2D eigenvalue weighted by Crippen LogP contribution is -1.92. The molecule has 0 fully saturated rings. The molecule has 0 bridgehead atoms. The van der Waals surface area contributed by atoms with Gasteiger partial charge in [0.1, 0.15) is 5.82 Å². The first-order chi connectivity index (χ1) is 7.25. The number of aromatic nitrogens is 1. The summed E-state index contributed by atoms with van der Waals surface area (Å²) in [5.74, 6) is -0.272. The predicted octanol–water partition coefficient (Wildman–Crippen LogP) is 2.46. The van der Waals surface area contributed by atoms with Crippen LogP contribution in [-0.2, 0) is 0 Å². The number of carboxylic acid groups (broad SMARTS) is 1. The Kier molecular flexibility index (Phi) is 2.41. The molecule has 0 aliphatic heterocycles. The van der Waals surface area contributed by atoms with E-state index in [9.17, 15) is 4.79 Å². The fraction of sp³-hybridized carbons (Fsp3) is 0. The third kappa shape index (κ3) is 2.17. The van der Waals surface area contributed by atoms with Gasteiger partial charge in [-0.25, -0.2) is 4.79 Å². The Bertz CT molecular complexity index is 462. The fourth-order valence-electron chi connectivity index (χ4n) is 1.27. The van der Waals surface area contributed by atoms with Crippen molar-refractivity contribution in [1.29, 1.82) is 0 Å². The number of aromatic amines is 1. The van der Waals surface area contributed by atoms with Crippen molar-refractivity contribution in [1.82, 2.24) is 4.98 Å². The molecule has 3 N–H and O–H groups in total. The highest BCUT2D eigenvalue weighted by Crippen LogP contribution is 2.15. The van der Waals surface area contributed by atoms with E-state index in [1.807, 2.05) is 30.3 Å². The average molecular weight is 202 g/mol. The zero-order valence-electron chi connectivity index (χ0n) is 7.90. The molecule has 0 atom stereocenters. The molecule has 0 aliphatic carbocycles. The Morgan fingerprint density at radius 1 is 1.27 bits per heavy atom. The van der Waals surface area contributed by atoms with Crippen LogP contribution in [0.4, 0.5) is 11.5 Å². The quantitative estimate of drug-likeness (QED) is 0.716. The van der Waals surface area contributed by atoms with E-state index >= 15 is 0 Å². The van der Waals surface area contributed by atoms with Crippen molar-refractivity contribution < 1.29 is 9.90 Å². The van der Waals surface area contributed by atoms with Crippen molar-refractivity contribution in [3.63, 3.8) is 0 Å². The lowest BCUT2D eigenvalue weighted by Gasteiger charge is -2.01. The van der Waals surface area contributed by atoms with Crippen LogP contribution < -0.4 is 5.32 Å². The summed E-state index contributed by atoms with van der Waals surface area (Å²) >= 11 is 0. The molecule has 4 heteroatoms. The number of aromatic carboxylic acids is 1. The average Bonchev–Trinajstić information content (AvgIpc) is 2.68. The highest BCUT2D eigenvalue weighted by Gasteiger charge is 2.05. The minimum atomic E-state index is -0.938. The van der Waals surface area contributed by atoms with Gasteiger partial charge in [0.05, 0.1) is 5.56 Å². The zero-order chi connectivity index (χ0) is 10.7. The van der Waals surface area contributed by atoms with Gasteiger partial charge < -0.3 is 15.4 Å². The molecule has 0 aliphatic rings. The molecule has 15 heavy (non-hydrogen) atoms. The highest BCUT2D eigenvalue weighted by atomic mass is 16.4. The first-order valence-corrected chi connectivity index (χ1v) is 4.49. The number of nitrogens with one attached hydrogen (secondary N) is 2. The Labute approximate surface area is 86.6 Å². The number of hydrogen-bond acceptors (Lipinski definition) is 2. The number of benzene rings is 1. The molecule has 1 aromatic heterocycles. The number of para-hydroxylation sites is 1. The van der Waals surface area contributed by atoms with E-state index in [1.165, 1.54) is 6.20 Å². The lowest BCUT2D eigenvalue weighted by atomic mass is 10.3. The predicted molar refractivity (Wildman–Crippen MR) is 57.5 cm³/mol. The molecule has 0 saturated heterocycles. The molecule has 0 radical (unpaired) electrons. The maximum absolute atomic E-state index is 10.6. The van der Waals surface area contributed by atoms with Crippen LogP contribution in [0.1, 0.15) is 10.4 Å². The van der Waals surface area contributed by atoms with Crippen LogP contribution in [0.3, 0.4) is 0 Å². The van der Waals surface area contributed by atoms with Gasteiger partial charge in [-0.2, -0.15) is 0 Å². The van der Waals surface area contributed by atoms with Crippen molar-refractivity contribution in [2.45, 2.75) is 0 Å². The van der Waals surface area contributed by atoms with Crippen molar-refractivity contribution in [3.8, 4) is 0 Å². The van der Waals surface area contributed by atoms with E-state index in [4.69, 9.17) is 5.11 Å². The molecule has 4 nitrogen and oxygen atoms in total. The van der Waals surface area contributed by atoms with Crippen LogP contribution in [0.15, 0.2) is 42.6 Å². The van der Waals surface area contributed by atoms with Gasteiger partial charge in [-0.15, -0.1) is 0 Å². The second-order valence-corrected chi connectivity index (χ2v) is 3.10. The van der Waals surface area contributed by atoms with Crippen LogP contribution in [-0.4, -0.2) is 16.1 Å². The number of rotatable bonds is 3. The SMILES string of the molecule is O=C(O)c1c[nH]c(Nc2ccccc2)c1. The third-order valence-corrected chi connectivity index (χ3v) is 1.98. The number of carbonyl (C=O) groups is 1. The number of H-pyrrole nitrogens is 1. The van der Waals surface area contributed by atoms with Gasteiger partial charge >= 0.3 is 5.97 Å². The number of anilines is 2. The minimum absolute atomic E-state index is 0.244. The van der Waals surface area contributed by atoms with Crippen molar-refractivity contribution in [3.05, 3.63) is 48.2 Å². The van der Waals surface area contributed by atoms with Crippen LogP contribution in [0.2, 0.25) is 0 Å². The summed E-state index contributed by atoms with van der Waals surface area (Å²) in [6, 6.07) is 11.1. The van der Waals surface area contributed by atoms with E-state index in [-0.39, 0.29) is 5.56 Å². The summed E-state index contributed by atoms with van der Waals surface area (Å²) in [6.45, 7) is 0. The van der Waals surface area contributed by atoms with Crippen LogP contribution in [0, 0.1) is 0 Å². The van der Waals surface area contributed by atoms with Gasteiger partial charge in [0.2, 0.25) is 0 Å². The van der Waals surface area contributed by atoms with Gasteiger partial charge in [-0.3, -0.25) is 0 Å². The molecule has 0 amide bonds. The van der Waals surface area contributed by atoms with E-state index < -0.39 is 5.97 Å². The Morgan fingerprint density at radius 2 is 2.00 bits per heavy atom. The molecule has 76 valence electrons. The normalized spacial score (nSPS) is 9.87. The van der Waals surface area contributed by atoms with Gasteiger partial charge in [0.15, 0.2) is 0 Å². The molecule has 2 rings (SSSR count). The molecule has 0 saturated carbocycles. The van der Waals surface area contributed by atoms with E-state index in [0.717, 1.165) is 5.69 Å². The summed E-state index contributed by atoms with van der Waals surface area (Å²) in [7, 11) is 0. The highest BCUT2D eigenvalue weighted by molar-refractivity contribution is 5.88. The fourth-order valence-corrected chi connectivity index (χ4v) is 1.27. The standard InChI is InChI=1S/C11H10N2O2/c14-11(15)8-6-10(12-7-8)13-9-4-2-1-3-5-9/h1-7,12-13H,(H,14,15). The smallest absolute Gasteiger partial charge is 0.337 e. The topological polar surface area (TPSA) is 65.1 Å². The van der Waals surface area contributed by atoms with Crippen molar-refractivity contribution >= 4 is 17.5 Å². The lowest BCUT2D eigenvalue weighted by molar-refractivity contribution is 0.0697. The van der Waals surface area contributed by atoms with Crippen LogP contribution in [0.25, 0.3) is 0 Å². The summed E-state index contributed by atoms with van der Waals surface area (Å²) in [5.41, 5.74) is 1.16. The molecular formula is C11H10N2O2. The molecule has 1 heterocycles. The Morgan fingerprint density at radius 3 is 2.60 bits per heavy atom. The summed E-state index contributed by atoms with van der Waals surface area (Å²) in [6.07, 6.45) is 1.45. The second-order valence-electron chi connectivity index (χ2n) is 3.10. The summed E-state index contributed by atoms with van der Waals surface area (Å²) in [5, 5.41) is 11.8. The molecular weight excluding hydrogens is 192 g/mol. The maximum Gasteiger partial charge on any atom is 0.337 e. The first-order valence-electron chi connectivity index (χ1n) is 4.49. The second kappa shape index (κ2) is 3.88. The third-order valence-electron chi connectivity index (χ3n) is 1.98. The van der Waals surface area contributed by atoms with Crippen LogP contribution in [0.5, 0.6) is 0 Å². The van der Waals surface area contributed by atoms with E-state index in [1.54, 1.807) is 6.07 Å². The van der Waals surface area contributed by atoms with E-state index in [2.05, 4.69) is 10.3 Å². The van der Waals surface area contributed by atoms with Crippen molar-refractivity contribution in [2.75, 3.05) is 5.32 Å². The molecule has 2 aromatic rings. The summed E-state index contributed by atoms with van der Waals surface area (Å²) in [4.78, 5) is 13.5. The number of hydrogen-bond donors (Lipinski definition) is 3. The number of carboxylic acids is 1. The van der Waals surface area contributed by atoms with Gasteiger partial charge in [-0.1, -0.05) is 18.2 Å².